The molecule has 1 heterocycles. The van der Waals surface area contributed by atoms with Crippen LogP contribution in [0.3, 0.4) is 0 Å². The van der Waals surface area contributed by atoms with Gasteiger partial charge in [0, 0.05) is 11.4 Å². The van der Waals surface area contributed by atoms with Gasteiger partial charge in [0.25, 0.3) is 0 Å². The molecule has 0 fully saturated rings. The van der Waals surface area contributed by atoms with Crippen molar-refractivity contribution in [3.63, 3.8) is 0 Å². The van der Waals surface area contributed by atoms with Crippen molar-refractivity contribution in [1.82, 2.24) is 0 Å². The standard InChI is InChI=1S/C10H17NS/c1-2-3-4-5-9-6-7-12-10(9)8-11/h6-7H,2-5,8,11H2,1H3. The molecule has 0 atom stereocenters. The number of unbranched alkanes of at least 4 members (excludes halogenated alkanes) is 2. The maximum absolute atomic E-state index is 5.61. The summed E-state index contributed by atoms with van der Waals surface area (Å²) in [4.78, 5) is 1.37. The lowest BCUT2D eigenvalue weighted by Gasteiger charge is -1.99. The molecule has 0 aliphatic heterocycles. The molecule has 12 heavy (non-hydrogen) atoms. The van der Waals surface area contributed by atoms with E-state index in [-0.39, 0.29) is 0 Å². The minimum Gasteiger partial charge on any atom is -0.326 e. The molecule has 1 aromatic heterocycles. The van der Waals surface area contributed by atoms with Crippen LogP contribution in [0.1, 0.15) is 36.6 Å². The van der Waals surface area contributed by atoms with Gasteiger partial charge in [0.1, 0.15) is 0 Å². The summed E-state index contributed by atoms with van der Waals surface area (Å²) in [5.74, 6) is 0. The molecule has 0 aromatic carbocycles. The molecule has 0 spiro atoms. The van der Waals surface area contributed by atoms with Crippen LogP contribution < -0.4 is 5.73 Å². The molecule has 1 rings (SSSR count). The zero-order valence-electron chi connectivity index (χ0n) is 7.68. The van der Waals surface area contributed by atoms with E-state index in [0.29, 0.717) is 6.54 Å². The average molecular weight is 183 g/mol. The first-order valence-corrected chi connectivity index (χ1v) is 5.51. The zero-order chi connectivity index (χ0) is 8.81. The van der Waals surface area contributed by atoms with Crippen molar-refractivity contribution < 1.29 is 0 Å². The lowest BCUT2D eigenvalue weighted by molar-refractivity contribution is 0.715. The SMILES string of the molecule is CCCCCc1ccsc1CN. The van der Waals surface area contributed by atoms with Crippen LogP contribution in [0.2, 0.25) is 0 Å². The molecule has 1 aromatic rings. The van der Waals surface area contributed by atoms with E-state index in [0.717, 1.165) is 0 Å². The first kappa shape index (κ1) is 9.75. The van der Waals surface area contributed by atoms with Gasteiger partial charge in [-0.05, 0) is 29.9 Å². The number of hydrogen-bond acceptors (Lipinski definition) is 2. The van der Waals surface area contributed by atoms with Gasteiger partial charge >= 0.3 is 0 Å². The largest absolute Gasteiger partial charge is 0.326 e. The van der Waals surface area contributed by atoms with Gasteiger partial charge in [0.15, 0.2) is 0 Å². The van der Waals surface area contributed by atoms with Crippen molar-refractivity contribution in [2.24, 2.45) is 5.73 Å². The molecular weight excluding hydrogens is 166 g/mol. The van der Waals surface area contributed by atoms with E-state index < -0.39 is 0 Å². The first-order chi connectivity index (χ1) is 5.88. The molecule has 0 radical (unpaired) electrons. The molecule has 2 N–H and O–H groups in total. The van der Waals surface area contributed by atoms with E-state index in [1.165, 1.54) is 36.1 Å². The predicted octanol–water partition coefficient (Wildman–Crippen LogP) is 2.94. The maximum atomic E-state index is 5.61. The Morgan fingerprint density at radius 2 is 2.25 bits per heavy atom. The summed E-state index contributed by atoms with van der Waals surface area (Å²) >= 11 is 1.78. The van der Waals surface area contributed by atoms with E-state index in [1.54, 1.807) is 11.3 Å². The molecule has 68 valence electrons. The Hall–Kier alpha value is -0.340. The van der Waals surface area contributed by atoms with Crippen molar-refractivity contribution in [2.75, 3.05) is 0 Å². The van der Waals surface area contributed by atoms with Gasteiger partial charge in [-0.2, -0.15) is 0 Å². The molecule has 2 heteroatoms. The highest BCUT2D eigenvalue weighted by Crippen LogP contribution is 2.18. The normalized spacial score (nSPS) is 10.5. The fourth-order valence-corrected chi connectivity index (χ4v) is 2.15. The van der Waals surface area contributed by atoms with E-state index >= 15 is 0 Å². The fourth-order valence-electron chi connectivity index (χ4n) is 1.33. The van der Waals surface area contributed by atoms with Crippen LogP contribution in [-0.4, -0.2) is 0 Å². The zero-order valence-corrected chi connectivity index (χ0v) is 8.49. The van der Waals surface area contributed by atoms with Crippen LogP contribution in [0, 0.1) is 0 Å². The van der Waals surface area contributed by atoms with Gasteiger partial charge in [-0.3, -0.25) is 0 Å². The van der Waals surface area contributed by atoms with Gasteiger partial charge in [0.2, 0.25) is 0 Å². The van der Waals surface area contributed by atoms with Crippen molar-refractivity contribution in [2.45, 2.75) is 39.2 Å². The highest BCUT2D eigenvalue weighted by Gasteiger charge is 2.00. The van der Waals surface area contributed by atoms with E-state index in [9.17, 15) is 0 Å². The number of aryl methyl sites for hydroxylation is 1. The van der Waals surface area contributed by atoms with Crippen LogP contribution in [0.15, 0.2) is 11.4 Å². The van der Waals surface area contributed by atoms with Crippen LogP contribution in [0.4, 0.5) is 0 Å². The highest BCUT2D eigenvalue weighted by atomic mass is 32.1. The maximum Gasteiger partial charge on any atom is 0.0276 e. The van der Waals surface area contributed by atoms with E-state index in [4.69, 9.17) is 5.73 Å². The second-order valence-electron chi connectivity index (χ2n) is 3.03. The second kappa shape index (κ2) is 5.33. The highest BCUT2D eigenvalue weighted by molar-refractivity contribution is 7.10. The second-order valence-corrected chi connectivity index (χ2v) is 4.03. The molecule has 0 aliphatic carbocycles. The van der Waals surface area contributed by atoms with E-state index in [2.05, 4.69) is 18.4 Å². The van der Waals surface area contributed by atoms with Gasteiger partial charge < -0.3 is 5.73 Å². The Kier molecular flexibility index (Phi) is 4.33. The van der Waals surface area contributed by atoms with Crippen LogP contribution in [0.25, 0.3) is 0 Å². The number of hydrogen-bond donors (Lipinski definition) is 1. The minimum atomic E-state index is 0.707. The fraction of sp³-hybridized carbons (Fsp3) is 0.600. The molecule has 0 saturated carbocycles. The van der Waals surface area contributed by atoms with Gasteiger partial charge in [-0.15, -0.1) is 11.3 Å². The smallest absolute Gasteiger partial charge is 0.0276 e. The van der Waals surface area contributed by atoms with Gasteiger partial charge in [0.05, 0.1) is 0 Å². The summed E-state index contributed by atoms with van der Waals surface area (Å²) < 4.78 is 0. The molecule has 0 unspecified atom stereocenters. The summed E-state index contributed by atoms with van der Waals surface area (Å²) in [6.07, 6.45) is 5.14. The van der Waals surface area contributed by atoms with Crippen molar-refractivity contribution in [1.29, 1.82) is 0 Å². The molecule has 0 amide bonds. The van der Waals surface area contributed by atoms with E-state index in [1.807, 2.05) is 0 Å². The summed E-state index contributed by atoms with van der Waals surface area (Å²) in [6, 6.07) is 2.21. The van der Waals surface area contributed by atoms with Crippen molar-refractivity contribution in [3.05, 3.63) is 21.9 Å². The molecular formula is C10H17NS. The Bertz CT molecular complexity index is 217. The van der Waals surface area contributed by atoms with Crippen LogP contribution >= 0.6 is 11.3 Å². The van der Waals surface area contributed by atoms with Gasteiger partial charge in [-0.1, -0.05) is 19.8 Å². The Morgan fingerprint density at radius 3 is 2.92 bits per heavy atom. The van der Waals surface area contributed by atoms with Crippen LogP contribution in [0.5, 0.6) is 0 Å². The lowest BCUT2D eigenvalue weighted by atomic mass is 10.1. The third-order valence-electron chi connectivity index (χ3n) is 2.07. The summed E-state index contributed by atoms with van der Waals surface area (Å²) in [7, 11) is 0. The third kappa shape index (κ3) is 2.61. The Labute approximate surface area is 78.6 Å². The molecule has 0 saturated heterocycles. The third-order valence-corrected chi connectivity index (χ3v) is 3.06. The number of rotatable bonds is 5. The average Bonchev–Trinajstić information content (AvgIpc) is 2.52. The Balaban J connectivity index is 2.39. The molecule has 0 aliphatic rings. The van der Waals surface area contributed by atoms with Crippen LogP contribution in [-0.2, 0) is 13.0 Å². The minimum absolute atomic E-state index is 0.707. The lowest BCUT2D eigenvalue weighted by Crippen LogP contribution is -1.97. The number of thiophene rings is 1. The summed E-state index contributed by atoms with van der Waals surface area (Å²) in [6.45, 7) is 2.94. The number of nitrogens with two attached hydrogens (primary N) is 1. The topological polar surface area (TPSA) is 26.0 Å². The summed E-state index contributed by atoms with van der Waals surface area (Å²) in [5, 5.41) is 2.14. The van der Waals surface area contributed by atoms with Crippen molar-refractivity contribution >= 4 is 11.3 Å². The quantitative estimate of drug-likeness (QED) is 0.698. The monoisotopic (exact) mass is 183 g/mol. The predicted molar refractivity (Wildman–Crippen MR) is 55.4 cm³/mol. The van der Waals surface area contributed by atoms with Crippen molar-refractivity contribution in [3.8, 4) is 0 Å². The molecule has 1 nitrogen and oxygen atoms in total. The summed E-state index contributed by atoms with van der Waals surface area (Å²) in [5.41, 5.74) is 7.08. The molecule has 0 bridgehead atoms. The Morgan fingerprint density at radius 1 is 1.42 bits per heavy atom. The van der Waals surface area contributed by atoms with Gasteiger partial charge in [-0.25, -0.2) is 0 Å². The first-order valence-electron chi connectivity index (χ1n) is 4.63.